The molecule has 0 unspecified atom stereocenters. The van der Waals surface area contributed by atoms with Gasteiger partial charge in [0.05, 0.1) is 0 Å². The zero-order valence-corrected chi connectivity index (χ0v) is 10.8. The van der Waals surface area contributed by atoms with E-state index < -0.39 is 0 Å². The lowest BCUT2D eigenvalue weighted by Gasteiger charge is -2.22. The molecule has 0 radical (unpaired) electrons. The lowest BCUT2D eigenvalue weighted by atomic mass is 9.96. The van der Waals surface area contributed by atoms with Crippen LogP contribution in [0, 0.1) is 0 Å². The highest BCUT2D eigenvalue weighted by molar-refractivity contribution is 5.93. The first-order valence-corrected chi connectivity index (χ1v) is 6.92. The Labute approximate surface area is 109 Å². The lowest BCUT2D eigenvalue weighted by Crippen LogP contribution is -2.20. The molecule has 2 rings (SSSR count). The van der Waals surface area contributed by atoms with Crippen LogP contribution in [-0.4, -0.2) is 11.9 Å². The van der Waals surface area contributed by atoms with Crippen LogP contribution in [0.15, 0.2) is 24.3 Å². The topological polar surface area (TPSA) is 55.1 Å². The van der Waals surface area contributed by atoms with Gasteiger partial charge in [-0.25, -0.2) is 0 Å². The number of carbonyl (C=O) groups is 1. The number of carbonyl (C=O) groups excluding carboxylic acids is 1. The van der Waals surface area contributed by atoms with Crippen molar-refractivity contribution in [2.24, 2.45) is 5.73 Å². The van der Waals surface area contributed by atoms with Gasteiger partial charge in [-0.3, -0.25) is 4.79 Å². The van der Waals surface area contributed by atoms with Crippen molar-refractivity contribution in [1.29, 1.82) is 0 Å². The Morgan fingerprint density at radius 2 is 1.56 bits per heavy atom. The van der Waals surface area contributed by atoms with E-state index in [1.54, 1.807) is 12.1 Å². The van der Waals surface area contributed by atoms with E-state index in [1.165, 1.54) is 44.9 Å². The molecule has 98 valence electrons. The second-order valence-electron chi connectivity index (χ2n) is 5.13. The second kappa shape index (κ2) is 6.43. The number of benzene rings is 1. The molecule has 0 aliphatic heterocycles. The molecular weight excluding hydrogens is 224 g/mol. The van der Waals surface area contributed by atoms with E-state index in [2.05, 4.69) is 5.32 Å². The fraction of sp³-hybridized carbons (Fsp3) is 0.533. The number of primary amides is 1. The van der Waals surface area contributed by atoms with E-state index >= 15 is 0 Å². The van der Waals surface area contributed by atoms with Crippen LogP contribution in [0.25, 0.3) is 0 Å². The molecule has 1 aliphatic carbocycles. The van der Waals surface area contributed by atoms with Gasteiger partial charge in [-0.05, 0) is 37.1 Å². The summed E-state index contributed by atoms with van der Waals surface area (Å²) in [5, 5.41) is 3.56. The second-order valence-corrected chi connectivity index (χ2v) is 5.13. The summed E-state index contributed by atoms with van der Waals surface area (Å²) in [5.41, 5.74) is 6.88. The minimum Gasteiger partial charge on any atom is -0.382 e. The summed E-state index contributed by atoms with van der Waals surface area (Å²) in [6.45, 7) is 0. The Morgan fingerprint density at radius 1 is 1.00 bits per heavy atom. The average molecular weight is 246 g/mol. The first-order valence-electron chi connectivity index (χ1n) is 6.92. The highest BCUT2D eigenvalue weighted by atomic mass is 16.1. The average Bonchev–Trinajstić information content (AvgIpc) is 2.33. The molecular formula is C15H22N2O. The maximum atomic E-state index is 11.0. The Bertz CT molecular complexity index is 378. The third-order valence-corrected chi connectivity index (χ3v) is 3.65. The smallest absolute Gasteiger partial charge is 0.248 e. The Morgan fingerprint density at radius 3 is 2.11 bits per heavy atom. The zero-order valence-electron chi connectivity index (χ0n) is 10.8. The molecule has 1 amide bonds. The van der Waals surface area contributed by atoms with Gasteiger partial charge < -0.3 is 11.1 Å². The highest BCUT2D eigenvalue weighted by Crippen LogP contribution is 2.21. The van der Waals surface area contributed by atoms with Gasteiger partial charge in [-0.1, -0.05) is 32.1 Å². The van der Waals surface area contributed by atoms with E-state index in [0.717, 1.165) is 5.69 Å². The van der Waals surface area contributed by atoms with Gasteiger partial charge in [0.1, 0.15) is 0 Å². The number of nitrogens with one attached hydrogen (secondary N) is 1. The molecule has 0 atom stereocenters. The van der Waals surface area contributed by atoms with Crippen LogP contribution in [-0.2, 0) is 0 Å². The number of amides is 1. The van der Waals surface area contributed by atoms with Gasteiger partial charge >= 0.3 is 0 Å². The predicted molar refractivity (Wildman–Crippen MR) is 74.7 cm³/mol. The maximum Gasteiger partial charge on any atom is 0.248 e. The van der Waals surface area contributed by atoms with Crippen LogP contribution in [0.4, 0.5) is 5.69 Å². The van der Waals surface area contributed by atoms with E-state index in [1.807, 2.05) is 12.1 Å². The van der Waals surface area contributed by atoms with Crippen LogP contribution >= 0.6 is 0 Å². The number of rotatable bonds is 3. The fourth-order valence-corrected chi connectivity index (χ4v) is 2.57. The number of hydrogen-bond acceptors (Lipinski definition) is 2. The van der Waals surface area contributed by atoms with Gasteiger partial charge in [0, 0.05) is 17.3 Å². The van der Waals surface area contributed by atoms with Crippen molar-refractivity contribution >= 4 is 11.6 Å². The van der Waals surface area contributed by atoms with Crippen LogP contribution in [0.3, 0.4) is 0 Å². The first kappa shape index (κ1) is 12.9. The summed E-state index contributed by atoms with van der Waals surface area (Å²) < 4.78 is 0. The van der Waals surface area contributed by atoms with Crippen LogP contribution in [0.1, 0.15) is 55.3 Å². The van der Waals surface area contributed by atoms with E-state index in [9.17, 15) is 4.79 Å². The Kier molecular flexibility index (Phi) is 4.62. The lowest BCUT2D eigenvalue weighted by molar-refractivity contribution is 0.100. The molecule has 1 aliphatic rings. The molecule has 0 bridgehead atoms. The van der Waals surface area contributed by atoms with E-state index in [4.69, 9.17) is 5.73 Å². The Balaban J connectivity index is 1.92. The fourth-order valence-electron chi connectivity index (χ4n) is 2.57. The quantitative estimate of drug-likeness (QED) is 0.859. The molecule has 3 heteroatoms. The molecule has 3 N–H and O–H groups in total. The van der Waals surface area contributed by atoms with E-state index in [0.29, 0.717) is 11.6 Å². The summed E-state index contributed by atoms with van der Waals surface area (Å²) in [5.74, 6) is -0.368. The van der Waals surface area contributed by atoms with Gasteiger partial charge in [0.25, 0.3) is 0 Å². The third-order valence-electron chi connectivity index (χ3n) is 3.65. The monoisotopic (exact) mass is 246 g/mol. The molecule has 0 aromatic heterocycles. The van der Waals surface area contributed by atoms with Crippen LogP contribution < -0.4 is 11.1 Å². The van der Waals surface area contributed by atoms with Crippen molar-refractivity contribution in [2.75, 3.05) is 5.32 Å². The van der Waals surface area contributed by atoms with Gasteiger partial charge in [0.15, 0.2) is 0 Å². The van der Waals surface area contributed by atoms with Crippen molar-refractivity contribution in [3.05, 3.63) is 29.8 Å². The minimum atomic E-state index is -0.368. The number of nitrogens with two attached hydrogens (primary N) is 1. The standard InChI is InChI=1S/C15H22N2O/c16-15(18)12-8-10-14(11-9-12)17-13-6-4-2-1-3-5-7-13/h8-11,13,17H,1-7H2,(H2,16,18). The molecule has 0 heterocycles. The highest BCUT2D eigenvalue weighted by Gasteiger charge is 2.11. The van der Waals surface area contributed by atoms with Gasteiger partial charge in [0.2, 0.25) is 5.91 Å². The molecule has 1 fully saturated rings. The van der Waals surface area contributed by atoms with Crippen molar-refractivity contribution in [3.8, 4) is 0 Å². The zero-order chi connectivity index (χ0) is 12.8. The largest absolute Gasteiger partial charge is 0.382 e. The van der Waals surface area contributed by atoms with Crippen molar-refractivity contribution in [1.82, 2.24) is 0 Å². The third kappa shape index (κ3) is 3.76. The summed E-state index contributed by atoms with van der Waals surface area (Å²) >= 11 is 0. The predicted octanol–water partition coefficient (Wildman–Crippen LogP) is 3.31. The molecule has 3 nitrogen and oxygen atoms in total. The summed E-state index contributed by atoms with van der Waals surface area (Å²) in [6.07, 6.45) is 9.24. The molecule has 1 saturated carbocycles. The first-order chi connectivity index (χ1) is 8.75. The normalized spacial score (nSPS) is 17.8. The number of anilines is 1. The minimum absolute atomic E-state index is 0.368. The van der Waals surface area contributed by atoms with Crippen molar-refractivity contribution in [2.45, 2.75) is 51.0 Å². The molecule has 0 saturated heterocycles. The molecule has 18 heavy (non-hydrogen) atoms. The molecule has 1 aromatic rings. The van der Waals surface area contributed by atoms with E-state index in [-0.39, 0.29) is 5.91 Å². The molecule has 1 aromatic carbocycles. The SMILES string of the molecule is NC(=O)c1ccc(NC2CCCCCCC2)cc1. The van der Waals surface area contributed by atoms with Crippen LogP contribution in [0.2, 0.25) is 0 Å². The van der Waals surface area contributed by atoms with Crippen LogP contribution in [0.5, 0.6) is 0 Å². The van der Waals surface area contributed by atoms with Gasteiger partial charge in [-0.15, -0.1) is 0 Å². The summed E-state index contributed by atoms with van der Waals surface area (Å²) in [7, 11) is 0. The van der Waals surface area contributed by atoms with Gasteiger partial charge in [-0.2, -0.15) is 0 Å². The summed E-state index contributed by atoms with van der Waals surface area (Å²) in [4.78, 5) is 11.0. The Hall–Kier alpha value is -1.51. The van der Waals surface area contributed by atoms with Crippen molar-refractivity contribution in [3.63, 3.8) is 0 Å². The summed E-state index contributed by atoms with van der Waals surface area (Å²) in [6, 6.07) is 8.03. The van der Waals surface area contributed by atoms with Crippen molar-refractivity contribution < 1.29 is 4.79 Å². The number of hydrogen-bond donors (Lipinski definition) is 2. The maximum absolute atomic E-state index is 11.0. The molecule has 0 spiro atoms.